The molecule has 0 aromatic heterocycles. The molecular formula is C24H31NO4. The summed E-state index contributed by atoms with van der Waals surface area (Å²) in [5, 5.41) is 20.2. The van der Waals surface area contributed by atoms with Gasteiger partial charge in [0, 0.05) is 18.8 Å². The van der Waals surface area contributed by atoms with Gasteiger partial charge in [0.1, 0.15) is 5.75 Å². The number of carboxylic acids is 1. The molecule has 2 aromatic rings. The van der Waals surface area contributed by atoms with Crippen molar-refractivity contribution < 1.29 is 19.7 Å². The van der Waals surface area contributed by atoms with Gasteiger partial charge >= 0.3 is 5.97 Å². The van der Waals surface area contributed by atoms with Crippen molar-refractivity contribution in [1.82, 2.24) is 0 Å². The third-order valence-electron chi connectivity index (χ3n) is 5.73. The number of aromatic carboxylic acids is 1. The summed E-state index contributed by atoms with van der Waals surface area (Å²) < 4.78 is 5.80. The highest BCUT2D eigenvalue weighted by Crippen LogP contribution is 2.35. The van der Waals surface area contributed by atoms with Crippen LogP contribution in [-0.2, 0) is 5.60 Å². The lowest BCUT2D eigenvalue weighted by Crippen LogP contribution is -2.42. The Hall–Kier alpha value is -2.53. The molecule has 0 unspecified atom stereocenters. The molecule has 156 valence electrons. The molecule has 1 fully saturated rings. The van der Waals surface area contributed by atoms with Gasteiger partial charge < -0.3 is 19.8 Å². The predicted octanol–water partition coefficient (Wildman–Crippen LogP) is 4.83. The van der Waals surface area contributed by atoms with Crippen molar-refractivity contribution in [1.29, 1.82) is 0 Å². The van der Waals surface area contributed by atoms with Crippen LogP contribution in [0.2, 0.25) is 0 Å². The summed E-state index contributed by atoms with van der Waals surface area (Å²) in [5.41, 5.74) is 1.37. The van der Waals surface area contributed by atoms with E-state index in [2.05, 4.69) is 11.8 Å². The monoisotopic (exact) mass is 397 g/mol. The fourth-order valence-corrected chi connectivity index (χ4v) is 3.82. The van der Waals surface area contributed by atoms with Crippen LogP contribution in [0.25, 0.3) is 0 Å². The first-order valence-electron chi connectivity index (χ1n) is 10.6. The van der Waals surface area contributed by atoms with Gasteiger partial charge in [-0.3, -0.25) is 0 Å². The summed E-state index contributed by atoms with van der Waals surface area (Å²) in [6.07, 6.45) is 6.00. The Morgan fingerprint density at radius 1 is 1.00 bits per heavy atom. The number of benzene rings is 2. The highest BCUT2D eigenvalue weighted by molar-refractivity contribution is 5.88. The summed E-state index contributed by atoms with van der Waals surface area (Å²) in [7, 11) is 0. The van der Waals surface area contributed by atoms with Crippen LogP contribution in [0.4, 0.5) is 5.69 Å². The third kappa shape index (κ3) is 5.51. The number of nitrogens with zero attached hydrogens (tertiary/aromatic N) is 1. The smallest absolute Gasteiger partial charge is 0.335 e. The molecule has 0 amide bonds. The Morgan fingerprint density at radius 3 is 2.24 bits per heavy atom. The molecule has 0 radical (unpaired) electrons. The van der Waals surface area contributed by atoms with Crippen molar-refractivity contribution in [3.8, 4) is 5.75 Å². The van der Waals surface area contributed by atoms with Gasteiger partial charge in [0.25, 0.3) is 0 Å². The average molecular weight is 398 g/mol. The van der Waals surface area contributed by atoms with Crippen molar-refractivity contribution >= 4 is 11.7 Å². The highest BCUT2D eigenvalue weighted by atomic mass is 16.5. The number of unbranched alkanes of at least 4 members (excludes halogenated alkanes) is 3. The van der Waals surface area contributed by atoms with Crippen LogP contribution in [0.15, 0.2) is 48.5 Å². The number of ether oxygens (including phenoxy) is 1. The summed E-state index contributed by atoms with van der Waals surface area (Å²) >= 11 is 0. The van der Waals surface area contributed by atoms with E-state index >= 15 is 0 Å². The van der Waals surface area contributed by atoms with Crippen molar-refractivity contribution in [2.75, 3.05) is 24.6 Å². The van der Waals surface area contributed by atoms with E-state index in [9.17, 15) is 9.90 Å². The fourth-order valence-electron chi connectivity index (χ4n) is 3.82. The molecule has 0 aliphatic carbocycles. The Kier molecular flexibility index (Phi) is 7.15. The summed E-state index contributed by atoms with van der Waals surface area (Å²) in [6.45, 7) is 4.38. The SMILES string of the molecule is CCCCCCOc1ccc(C2(O)CCN(c3ccc(C(=O)O)cc3)CC2)cc1. The van der Waals surface area contributed by atoms with E-state index in [0.717, 1.165) is 43.1 Å². The van der Waals surface area contributed by atoms with Gasteiger partial charge in [-0.1, -0.05) is 38.3 Å². The maximum Gasteiger partial charge on any atom is 0.335 e. The van der Waals surface area contributed by atoms with E-state index in [1.54, 1.807) is 12.1 Å². The first-order chi connectivity index (χ1) is 14.0. The van der Waals surface area contributed by atoms with Crippen LogP contribution in [0.5, 0.6) is 5.75 Å². The zero-order valence-corrected chi connectivity index (χ0v) is 17.1. The van der Waals surface area contributed by atoms with Crippen LogP contribution in [0.3, 0.4) is 0 Å². The second kappa shape index (κ2) is 9.79. The standard InChI is InChI=1S/C24H31NO4/c1-2-3-4-5-18-29-22-12-8-20(9-13-22)24(28)14-16-25(17-15-24)21-10-6-19(7-11-21)23(26)27/h6-13,28H,2-5,14-18H2,1H3,(H,26,27). The van der Waals surface area contributed by atoms with Gasteiger partial charge in [0.05, 0.1) is 17.8 Å². The van der Waals surface area contributed by atoms with Gasteiger partial charge in [0.2, 0.25) is 0 Å². The minimum absolute atomic E-state index is 0.287. The molecule has 5 heteroatoms. The second-order valence-corrected chi connectivity index (χ2v) is 7.80. The van der Waals surface area contributed by atoms with Crippen LogP contribution in [-0.4, -0.2) is 35.9 Å². The quantitative estimate of drug-likeness (QED) is 0.593. The largest absolute Gasteiger partial charge is 0.494 e. The van der Waals surface area contributed by atoms with Crippen LogP contribution in [0, 0.1) is 0 Å². The number of anilines is 1. The minimum Gasteiger partial charge on any atom is -0.494 e. The minimum atomic E-state index is -0.919. The van der Waals surface area contributed by atoms with E-state index in [0.29, 0.717) is 12.8 Å². The van der Waals surface area contributed by atoms with Gasteiger partial charge in [-0.15, -0.1) is 0 Å². The van der Waals surface area contributed by atoms with Crippen molar-refractivity contribution in [2.24, 2.45) is 0 Å². The van der Waals surface area contributed by atoms with Gasteiger partial charge in [-0.05, 0) is 61.2 Å². The normalized spacial score (nSPS) is 15.9. The molecule has 0 spiro atoms. The number of rotatable bonds is 9. The summed E-state index contributed by atoms with van der Waals surface area (Å²) in [5.74, 6) is -0.0669. The van der Waals surface area contributed by atoms with Gasteiger partial charge in [-0.2, -0.15) is 0 Å². The maximum absolute atomic E-state index is 11.1. The first kappa shape index (κ1) is 21.2. The molecule has 3 rings (SSSR count). The van der Waals surface area contributed by atoms with E-state index in [-0.39, 0.29) is 5.56 Å². The number of carbonyl (C=O) groups is 1. The van der Waals surface area contributed by atoms with E-state index in [4.69, 9.17) is 9.84 Å². The van der Waals surface area contributed by atoms with Gasteiger partial charge in [-0.25, -0.2) is 4.79 Å². The van der Waals surface area contributed by atoms with Crippen molar-refractivity contribution in [3.63, 3.8) is 0 Å². The predicted molar refractivity (Wildman–Crippen MR) is 115 cm³/mol. The second-order valence-electron chi connectivity index (χ2n) is 7.80. The molecule has 2 N–H and O–H groups in total. The number of piperidine rings is 1. The lowest BCUT2D eigenvalue weighted by atomic mass is 9.84. The van der Waals surface area contributed by atoms with Gasteiger partial charge in [0.15, 0.2) is 0 Å². The molecule has 1 aliphatic rings. The Bertz CT molecular complexity index is 778. The lowest BCUT2D eigenvalue weighted by Gasteiger charge is -2.39. The zero-order valence-electron chi connectivity index (χ0n) is 17.1. The Morgan fingerprint density at radius 2 is 1.66 bits per heavy atom. The lowest BCUT2D eigenvalue weighted by molar-refractivity contribution is 0.0117. The summed E-state index contributed by atoms with van der Waals surface area (Å²) in [6, 6.07) is 14.8. The number of aliphatic hydroxyl groups is 1. The van der Waals surface area contributed by atoms with Crippen molar-refractivity contribution in [2.45, 2.75) is 51.0 Å². The first-order valence-corrected chi connectivity index (χ1v) is 10.6. The molecule has 1 saturated heterocycles. The molecule has 5 nitrogen and oxygen atoms in total. The molecular weight excluding hydrogens is 366 g/mol. The molecule has 0 saturated carbocycles. The highest BCUT2D eigenvalue weighted by Gasteiger charge is 2.34. The van der Waals surface area contributed by atoms with Crippen LogP contribution in [0.1, 0.15) is 61.4 Å². The number of hydrogen-bond donors (Lipinski definition) is 2. The fraction of sp³-hybridized carbons (Fsp3) is 0.458. The number of carboxylic acid groups (broad SMARTS) is 1. The van der Waals surface area contributed by atoms with E-state index in [1.807, 2.05) is 36.4 Å². The molecule has 29 heavy (non-hydrogen) atoms. The average Bonchev–Trinajstić information content (AvgIpc) is 2.75. The molecule has 1 heterocycles. The molecule has 0 bridgehead atoms. The van der Waals surface area contributed by atoms with Crippen molar-refractivity contribution in [3.05, 3.63) is 59.7 Å². The van der Waals surface area contributed by atoms with E-state index < -0.39 is 11.6 Å². The van der Waals surface area contributed by atoms with Crippen LogP contribution < -0.4 is 9.64 Å². The molecule has 1 aliphatic heterocycles. The Balaban J connectivity index is 1.53. The van der Waals surface area contributed by atoms with E-state index in [1.165, 1.54) is 19.3 Å². The maximum atomic E-state index is 11.1. The third-order valence-corrected chi connectivity index (χ3v) is 5.73. The van der Waals surface area contributed by atoms with Crippen LogP contribution >= 0.6 is 0 Å². The molecule has 0 atom stereocenters. The topological polar surface area (TPSA) is 70.0 Å². The summed E-state index contributed by atoms with van der Waals surface area (Å²) in [4.78, 5) is 13.2. The molecule has 2 aromatic carbocycles. The zero-order chi connectivity index (χ0) is 20.7. The number of hydrogen-bond acceptors (Lipinski definition) is 4. The Labute approximate surface area is 172 Å².